The fourth-order valence-corrected chi connectivity index (χ4v) is 2.51. The molecular weight excluding hydrogens is 386 g/mol. The Balaban J connectivity index is 1.44. The quantitative estimate of drug-likeness (QED) is 0.384. The van der Waals surface area contributed by atoms with Crippen molar-refractivity contribution in [2.75, 3.05) is 0 Å². The van der Waals surface area contributed by atoms with Crippen LogP contribution in [0.4, 0.5) is 0 Å². The molecule has 0 aliphatic rings. The molecule has 154 valence electrons. The molecular formula is C21H21N5O4. The SMILES string of the molecule is Cc1ccc(COc2ccc(C=NNC(=O)CCc3n[nH]c(=O)[nH]c3=O)cc2)cc1. The van der Waals surface area contributed by atoms with Crippen LogP contribution in [0.2, 0.25) is 0 Å². The molecule has 0 saturated heterocycles. The van der Waals surface area contributed by atoms with Gasteiger partial charge in [0, 0.05) is 12.8 Å². The molecule has 0 aliphatic carbocycles. The number of hydrazone groups is 1. The number of aromatic nitrogens is 3. The minimum Gasteiger partial charge on any atom is -0.489 e. The maximum absolute atomic E-state index is 11.8. The van der Waals surface area contributed by atoms with Crippen LogP contribution in [0.15, 0.2) is 63.2 Å². The maximum Gasteiger partial charge on any atom is 0.342 e. The van der Waals surface area contributed by atoms with Crippen molar-refractivity contribution in [2.45, 2.75) is 26.4 Å². The van der Waals surface area contributed by atoms with Gasteiger partial charge >= 0.3 is 5.69 Å². The lowest BCUT2D eigenvalue weighted by molar-refractivity contribution is -0.121. The van der Waals surface area contributed by atoms with E-state index in [1.165, 1.54) is 11.8 Å². The van der Waals surface area contributed by atoms with Crippen molar-refractivity contribution in [3.05, 3.63) is 91.8 Å². The summed E-state index contributed by atoms with van der Waals surface area (Å²) in [6.07, 6.45) is 1.60. The number of hydrogen-bond donors (Lipinski definition) is 3. The van der Waals surface area contributed by atoms with Gasteiger partial charge in [0.05, 0.1) is 6.21 Å². The van der Waals surface area contributed by atoms with Crippen molar-refractivity contribution in [2.24, 2.45) is 5.10 Å². The second kappa shape index (κ2) is 9.97. The van der Waals surface area contributed by atoms with E-state index in [0.717, 1.165) is 16.9 Å². The van der Waals surface area contributed by atoms with Gasteiger partial charge < -0.3 is 4.74 Å². The van der Waals surface area contributed by atoms with E-state index >= 15 is 0 Å². The number of rotatable bonds is 8. The number of nitrogens with zero attached hydrogens (tertiary/aromatic N) is 2. The van der Waals surface area contributed by atoms with Crippen molar-refractivity contribution >= 4 is 12.1 Å². The minimum atomic E-state index is -0.690. The topological polar surface area (TPSA) is 129 Å². The largest absolute Gasteiger partial charge is 0.489 e. The summed E-state index contributed by atoms with van der Waals surface area (Å²) in [5, 5.41) is 9.63. The highest BCUT2D eigenvalue weighted by atomic mass is 16.5. The number of benzene rings is 2. The zero-order valence-corrected chi connectivity index (χ0v) is 16.3. The summed E-state index contributed by atoms with van der Waals surface area (Å²) in [6, 6.07) is 15.4. The summed E-state index contributed by atoms with van der Waals surface area (Å²) in [6.45, 7) is 2.52. The summed E-state index contributed by atoms with van der Waals surface area (Å²) in [5.41, 5.74) is 4.25. The smallest absolute Gasteiger partial charge is 0.342 e. The summed E-state index contributed by atoms with van der Waals surface area (Å²) < 4.78 is 5.75. The van der Waals surface area contributed by atoms with E-state index in [1.54, 1.807) is 0 Å². The normalized spacial score (nSPS) is 10.8. The lowest BCUT2D eigenvalue weighted by Gasteiger charge is -2.06. The monoisotopic (exact) mass is 407 g/mol. The summed E-state index contributed by atoms with van der Waals surface area (Å²) in [4.78, 5) is 36.3. The molecule has 0 unspecified atom stereocenters. The third-order valence-electron chi connectivity index (χ3n) is 4.18. The molecule has 3 aromatic rings. The molecule has 2 aromatic carbocycles. The number of hydrogen-bond acceptors (Lipinski definition) is 6. The highest BCUT2D eigenvalue weighted by Crippen LogP contribution is 2.14. The molecule has 0 fully saturated rings. The van der Waals surface area contributed by atoms with Crippen LogP contribution < -0.4 is 21.4 Å². The van der Waals surface area contributed by atoms with Crippen LogP contribution in [-0.2, 0) is 17.8 Å². The highest BCUT2D eigenvalue weighted by Gasteiger charge is 2.06. The standard InChI is InChI=1S/C21H21N5O4/c1-14-2-4-16(5-3-14)13-30-17-8-6-15(7-9-17)12-22-25-19(27)11-10-18-20(28)23-21(29)26-24-18/h2-9,12H,10-11,13H2,1H3,(H,25,27)(H2,23,26,28,29). The fraction of sp³-hybridized carbons (Fsp3) is 0.190. The molecule has 0 bridgehead atoms. The summed E-state index contributed by atoms with van der Waals surface area (Å²) in [5.74, 6) is 0.354. The Kier molecular flexibility index (Phi) is 6.88. The molecule has 1 aromatic heterocycles. The lowest BCUT2D eigenvalue weighted by atomic mass is 10.2. The first-order valence-electron chi connectivity index (χ1n) is 9.28. The maximum atomic E-state index is 11.8. The van der Waals surface area contributed by atoms with Gasteiger partial charge in [-0.3, -0.25) is 14.6 Å². The zero-order valence-electron chi connectivity index (χ0n) is 16.3. The molecule has 3 rings (SSSR count). The van der Waals surface area contributed by atoms with Crippen molar-refractivity contribution in [3.8, 4) is 5.75 Å². The number of carbonyl (C=O) groups excluding carboxylic acids is 1. The number of ether oxygens (including phenoxy) is 1. The predicted molar refractivity (Wildman–Crippen MR) is 111 cm³/mol. The van der Waals surface area contributed by atoms with E-state index in [-0.39, 0.29) is 24.4 Å². The van der Waals surface area contributed by atoms with E-state index in [0.29, 0.717) is 6.61 Å². The van der Waals surface area contributed by atoms with Crippen LogP contribution >= 0.6 is 0 Å². The average Bonchev–Trinajstić information content (AvgIpc) is 2.74. The Hall–Kier alpha value is -4.01. The summed E-state index contributed by atoms with van der Waals surface area (Å²) >= 11 is 0. The van der Waals surface area contributed by atoms with E-state index < -0.39 is 11.2 Å². The van der Waals surface area contributed by atoms with Gasteiger partial charge in [0.15, 0.2) is 0 Å². The van der Waals surface area contributed by atoms with Gasteiger partial charge in [-0.15, -0.1) is 0 Å². The Labute approximate surface area is 171 Å². The first-order chi connectivity index (χ1) is 14.5. The predicted octanol–water partition coefficient (Wildman–Crippen LogP) is 1.43. The van der Waals surface area contributed by atoms with Gasteiger partial charge in [0.1, 0.15) is 18.1 Å². The number of nitrogens with one attached hydrogen (secondary N) is 3. The van der Waals surface area contributed by atoms with E-state index in [4.69, 9.17) is 4.74 Å². The first-order valence-corrected chi connectivity index (χ1v) is 9.28. The fourth-order valence-electron chi connectivity index (χ4n) is 2.51. The molecule has 0 radical (unpaired) electrons. The molecule has 0 spiro atoms. The van der Waals surface area contributed by atoms with Crippen LogP contribution in [-0.4, -0.2) is 27.3 Å². The van der Waals surface area contributed by atoms with Crippen molar-refractivity contribution in [1.29, 1.82) is 0 Å². The summed E-state index contributed by atoms with van der Waals surface area (Å²) in [7, 11) is 0. The third kappa shape index (κ3) is 6.26. The van der Waals surface area contributed by atoms with Crippen LogP contribution in [0.3, 0.4) is 0 Å². The van der Waals surface area contributed by atoms with E-state index in [1.807, 2.05) is 55.5 Å². The minimum absolute atomic E-state index is 0.00521. The van der Waals surface area contributed by atoms with Crippen molar-refractivity contribution < 1.29 is 9.53 Å². The molecule has 9 heteroatoms. The lowest BCUT2D eigenvalue weighted by Crippen LogP contribution is -2.28. The van der Waals surface area contributed by atoms with Crippen molar-refractivity contribution in [1.82, 2.24) is 20.6 Å². The molecule has 1 heterocycles. The third-order valence-corrected chi connectivity index (χ3v) is 4.18. The molecule has 3 N–H and O–H groups in total. The molecule has 0 atom stereocenters. The van der Waals surface area contributed by atoms with Crippen molar-refractivity contribution in [3.63, 3.8) is 0 Å². The van der Waals surface area contributed by atoms with Gasteiger partial charge in [0.2, 0.25) is 5.91 Å². The number of amides is 1. The number of aryl methyl sites for hydroxylation is 2. The van der Waals surface area contributed by atoms with Crippen LogP contribution in [0.5, 0.6) is 5.75 Å². The highest BCUT2D eigenvalue weighted by molar-refractivity contribution is 5.82. The van der Waals surface area contributed by atoms with Crippen LogP contribution in [0.25, 0.3) is 0 Å². The molecule has 1 amide bonds. The molecule has 0 aliphatic heterocycles. The molecule has 0 saturated carbocycles. The van der Waals surface area contributed by atoms with E-state index in [9.17, 15) is 14.4 Å². The van der Waals surface area contributed by atoms with Gasteiger partial charge in [-0.25, -0.2) is 15.3 Å². The van der Waals surface area contributed by atoms with Gasteiger partial charge in [-0.05, 0) is 42.3 Å². The Morgan fingerprint density at radius 3 is 2.57 bits per heavy atom. The van der Waals surface area contributed by atoms with Gasteiger partial charge in [-0.2, -0.15) is 10.2 Å². The van der Waals surface area contributed by atoms with Gasteiger partial charge in [-0.1, -0.05) is 29.8 Å². The molecule has 9 nitrogen and oxygen atoms in total. The zero-order chi connectivity index (χ0) is 21.3. The second-order valence-electron chi connectivity index (χ2n) is 6.59. The Morgan fingerprint density at radius 1 is 1.13 bits per heavy atom. The van der Waals surface area contributed by atoms with Crippen LogP contribution in [0, 0.1) is 6.92 Å². The second-order valence-corrected chi connectivity index (χ2v) is 6.59. The number of carbonyl (C=O) groups is 1. The van der Waals surface area contributed by atoms with Gasteiger partial charge in [0.25, 0.3) is 5.56 Å². The Bertz CT molecular complexity index is 1130. The van der Waals surface area contributed by atoms with Crippen LogP contribution in [0.1, 0.15) is 28.8 Å². The average molecular weight is 407 g/mol. The number of H-pyrrole nitrogens is 2. The Morgan fingerprint density at radius 2 is 1.87 bits per heavy atom. The van der Waals surface area contributed by atoms with E-state index in [2.05, 4.69) is 25.7 Å². The first kappa shape index (κ1) is 20.7. The number of aromatic amines is 2. The molecule has 30 heavy (non-hydrogen) atoms.